The van der Waals surface area contributed by atoms with E-state index in [4.69, 9.17) is 16.9 Å². The molecule has 1 fully saturated rings. The first-order valence-corrected chi connectivity index (χ1v) is 5.29. The summed E-state index contributed by atoms with van der Waals surface area (Å²) in [6, 6.07) is 4.04. The van der Waals surface area contributed by atoms with Crippen LogP contribution < -0.4 is 4.90 Å². The van der Waals surface area contributed by atoms with Crippen molar-refractivity contribution in [2.75, 3.05) is 18.0 Å². The van der Waals surface area contributed by atoms with E-state index in [1.807, 2.05) is 0 Å². The summed E-state index contributed by atoms with van der Waals surface area (Å²) in [5.41, 5.74) is 0. The lowest BCUT2D eigenvalue weighted by Crippen LogP contribution is -2.35. The van der Waals surface area contributed by atoms with Crippen molar-refractivity contribution in [3.63, 3.8) is 0 Å². The molecule has 5 heteroatoms. The molecule has 15 heavy (non-hydrogen) atoms. The Hall–Kier alpha value is -1.34. The average molecular weight is 223 g/mol. The molecule has 1 aliphatic heterocycles. The summed E-state index contributed by atoms with van der Waals surface area (Å²) in [5, 5.41) is 9.32. The van der Waals surface area contributed by atoms with Gasteiger partial charge in [0.2, 0.25) is 0 Å². The third-order valence-electron chi connectivity index (χ3n) is 2.55. The molecule has 0 aliphatic carbocycles. The van der Waals surface area contributed by atoms with Crippen LogP contribution in [-0.2, 0) is 0 Å². The predicted molar refractivity (Wildman–Crippen MR) is 57.6 cm³/mol. The molecular weight excluding hydrogens is 212 g/mol. The fourth-order valence-electron chi connectivity index (χ4n) is 1.79. The average Bonchev–Trinajstić information content (AvgIpc) is 2.29. The van der Waals surface area contributed by atoms with Crippen molar-refractivity contribution in [2.24, 2.45) is 5.92 Å². The molecule has 0 bridgehead atoms. The van der Waals surface area contributed by atoms with Crippen LogP contribution in [-0.4, -0.2) is 23.1 Å². The predicted octanol–water partition coefficient (Wildman–Crippen LogP) is 1.87. The van der Waals surface area contributed by atoms with Gasteiger partial charge in [0, 0.05) is 19.2 Å². The quantitative estimate of drug-likeness (QED) is 0.681. The zero-order chi connectivity index (χ0) is 10.7. The smallest absolute Gasteiger partial charge is 0.134 e. The molecule has 1 saturated heterocycles. The van der Waals surface area contributed by atoms with Crippen LogP contribution in [0.2, 0.25) is 5.15 Å². The van der Waals surface area contributed by atoms with Crippen LogP contribution in [0.5, 0.6) is 0 Å². The molecule has 0 spiro atoms. The van der Waals surface area contributed by atoms with E-state index >= 15 is 0 Å². The fraction of sp³-hybridized carbons (Fsp3) is 0.500. The molecule has 1 atom stereocenters. The van der Waals surface area contributed by atoms with E-state index in [2.05, 4.69) is 20.9 Å². The van der Waals surface area contributed by atoms with Crippen LogP contribution in [0.25, 0.3) is 0 Å². The van der Waals surface area contributed by atoms with E-state index in [0.717, 1.165) is 31.7 Å². The minimum Gasteiger partial charge on any atom is -0.355 e. The van der Waals surface area contributed by atoms with Gasteiger partial charge in [0.1, 0.15) is 17.3 Å². The maximum absolute atomic E-state index is 8.87. The van der Waals surface area contributed by atoms with Crippen molar-refractivity contribution in [2.45, 2.75) is 12.8 Å². The van der Waals surface area contributed by atoms with Gasteiger partial charge >= 0.3 is 0 Å². The largest absolute Gasteiger partial charge is 0.355 e. The molecule has 78 valence electrons. The molecule has 2 rings (SSSR count). The minimum atomic E-state index is 0.104. The first kappa shape index (κ1) is 10.2. The third-order valence-corrected chi connectivity index (χ3v) is 2.75. The van der Waals surface area contributed by atoms with Crippen LogP contribution in [0.1, 0.15) is 12.8 Å². The maximum atomic E-state index is 8.87. The number of halogens is 1. The SMILES string of the molecule is N#C[C@H]1CCCN(c2cc(Cl)ncn2)C1. The Kier molecular flexibility index (Phi) is 3.02. The molecule has 2 heterocycles. The molecule has 4 nitrogen and oxygen atoms in total. The van der Waals surface area contributed by atoms with E-state index in [-0.39, 0.29) is 5.92 Å². The normalized spacial score (nSPS) is 21.1. The Labute approximate surface area is 93.5 Å². The first-order valence-electron chi connectivity index (χ1n) is 4.91. The van der Waals surface area contributed by atoms with Gasteiger partial charge < -0.3 is 4.90 Å². The van der Waals surface area contributed by atoms with Gasteiger partial charge in [-0.15, -0.1) is 0 Å². The van der Waals surface area contributed by atoms with Crippen molar-refractivity contribution < 1.29 is 0 Å². The van der Waals surface area contributed by atoms with Gasteiger partial charge in [-0.3, -0.25) is 0 Å². The fourth-order valence-corrected chi connectivity index (χ4v) is 1.93. The van der Waals surface area contributed by atoms with Gasteiger partial charge in [-0.25, -0.2) is 9.97 Å². The zero-order valence-electron chi connectivity index (χ0n) is 8.23. The molecular formula is C10H11ClN4. The number of nitriles is 1. The molecule has 0 saturated carbocycles. The molecule has 0 N–H and O–H groups in total. The Morgan fingerprint density at radius 3 is 3.13 bits per heavy atom. The van der Waals surface area contributed by atoms with Crippen LogP contribution in [0.4, 0.5) is 5.82 Å². The Balaban J connectivity index is 2.14. The molecule has 0 unspecified atom stereocenters. The van der Waals surface area contributed by atoms with E-state index in [1.165, 1.54) is 6.33 Å². The number of hydrogen-bond donors (Lipinski definition) is 0. The van der Waals surface area contributed by atoms with E-state index < -0.39 is 0 Å². The number of aromatic nitrogens is 2. The maximum Gasteiger partial charge on any atom is 0.134 e. The van der Waals surface area contributed by atoms with Crippen LogP contribution in [0, 0.1) is 17.2 Å². The lowest BCUT2D eigenvalue weighted by Gasteiger charge is -2.30. The van der Waals surface area contributed by atoms with Gasteiger partial charge in [0.15, 0.2) is 0 Å². The second-order valence-electron chi connectivity index (χ2n) is 3.61. The molecule has 1 aromatic heterocycles. The number of hydrogen-bond acceptors (Lipinski definition) is 4. The van der Waals surface area contributed by atoms with Crippen molar-refractivity contribution >= 4 is 17.4 Å². The Bertz CT molecular complexity index is 387. The molecule has 0 aromatic carbocycles. The molecule has 0 amide bonds. The molecule has 0 radical (unpaired) electrons. The first-order chi connectivity index (χ1) is 7.29. The number of nitrogens with zero attached hydrogens (tertiary/aromatic N) is 4. The highest BCUT2D eigenvalue weighted by Gasteiger charge is 2.20. The van der Waals surface area contributed by atoms with Gasteiger partial charge in [-0.2, -0.15) is 5.26 Å². The van der Waals surface area contributed by atoms with Crippen LogP contribution >= 0.6 is 11.6 Å². The van der Waals surface area contributed by atoms with E-state index in [9.17, 15) is 0 Å². The van der Waals surface area contributed by atoms with E-state index in [0.29, 0.717) is 5.15 Å². The van der Waals surface area contributed by atoms with Gasteiger partial charge in [0.05, 0.1) is 12.0 Å². The van der Waals surface area contributed by atoms with Crippen molar-refractivity contribution in [3.8, 4) is 6.07 Å². The lowest BCUT2D eigenvalue weighted by atomic mass is 10.00. The standard InChI is InChI=1S/C10H11ClN4/c11-9-4-10(14-7-13-9)15-3-1-2-8(5-12)6-15/h4,7-8H,1-3,6H2/t8-/m1/s1. The van der Waals surface area contributed by atoms with Gasteiger partial charge in [-0.1, -0.05) is 11.6 Å². The second kappa shape index (κ2) is 4.45. The topological polar surface area (TPSA) is 52.8 Å². The summed E-state index contributed by atoms with van der Waals surface area (Å²) in [5.74, 6) is 0.919. The Morgan fingerprint density at radius 1 is 1.53 bits per heavy atom. The number of rotatable bonds is 1. The highest BCUT2D eigenvalue weighted by atomic mass is 35.5. The highest BCUT2D eigenvalue weighted by molar-refractivity contribution is 6.29. The number of anilines is 1. The summed E-state index contributed by atoms with van der Waals surface area (Å²) in [7, 11) is 0. The van der Waals surface area contributed by atoms with Crippen molar-refractivity contribution in [1.29, 1.82) is 5.26 Å². The summed E-state index contributed by atoms with van der Waals surface area (Å²) in [6.45, 7) is 1.68. The van der Waals surface area contributed by atoms with Crippen LogP contribution in [0.3, 0.4) is 0 Å². The third kappa shape index (κ3) is 2.37. The second-order valence-corrected chi connectivity index (χ2v) is 4.00. The zero-order valence-corrected chi connectivity index (χ0v) is 8.98. The molecule has 1 aromatic rings. The highest BCUT2D eigenvalue weighted by Crippen LogP contribution is 2.21. The summed E-state index contributed by atoms with van der Waals surface area (Å²) in [4.78, 5) is 10.1. The summed E-state index contributed by atoms with van der Waals surface area (Å²) >= 11 is 5.79. The minimum absolute atomic E-state index is 0.104. The van der Waals surface area contributed by atoms with Crippen molar-refractivity contribution in [3.05, 3.63) is 17.5 Å². The lowest BCUT2D eigenvalue weighted by molar-refractivity contribution is 0.490. The van der Waals surface area contributed by atoms with Crippen LogP contribution in [0.15, 0.2) is 12.4 Å². The van der Waals surface area contributed by atoms with Crippen molar-refractivity contribution in [1.82, 2.24) is 9.97 Å². The molecule has 1 aliphatic rings. The monoisotopic (exact) mass is 222 g/mol. The number of piperidine rings is 1. The summed E-state index contributed by atoms with van der Waals surface area (Å²) in [6.07, 6.45) is 3.46. The Morgan fingerprint density at radius 2 is 2.40 bits per heavy atom. The van der Waals surface area contributed by atoms with Gasteiger partial charge in [0.25, 0.3) is 0 Å². The van der Waals surface area contributed by atoms with E-state index in [1.54, 1.807) is 6.07 Å². The summed E-state index contributed by atoms with van der Waals surface area (Å²) < 4.78 is 0. The van der Waals surface area contributed by atoms with Gasteiger partial charge in [-0.05, 0) is 12.8 Å².